The third kappa shape index (κ3) is 5.21. The van der Waals surface area contributed by atoms with Crippen molar-refractivity contribution in [3.8, 4) is 0 Å². The SMILES string of the molecule is CCNC(CC(C)CC(C)C)C1CCC(F)(F)C1. The molecule has 3 heteroatoms. The van der Waals surface area contributed by atoms with Crippen LogP contribution in [-0.4, -0.2) is 18.5 Å². The van der Waals surface area contributed by atoms with Gasteiger partial charge in [0.2, 0.25) is 5.92 Å². The van der Waals surface area contributed by atoms with E-state index in [9.17, 15) is 8.78 Å². The number of alkyl halides is 2. The quantitative estimate of drug-likeness (QED) is 0.713. The van der Waals surface area contributed by atoms with E-state index in [1.54, 1.807) is 0 Å². The van der Waals surface area contributed by atoms with Gasteiger partial charge in [0.15, 0.2) is 0 Å². The van der Waals surface area contributed by atoms with E-state index >= 15 is 0 Å². The average Bonchev–Trinajstić information content (AvgIpc) is 2.57. The van der Waals surface area contributed by atoms with Gasteiger partial charge in [-0.3, -0.25) is 0 Å². The zero-order valence-corrected chi connectivity index (χ0v) is 12.3. The van der Waals surface area contributed by atoms with Crippen molar-refractivity contribution < 1.29 is 8.78 Å². The van der Waals surface area contributed by atoms with E-state index < -0.39 is 5.92 Å². The molecule has 108 valence electrons. The first-order valence-electron chi connectivity index (χ1n) is 7.45. The topological polar surface area (TPSA) is 12.0 Å². The number of hydrogen-bond acceptors (Lipinski definition) is 1. The number of nitrogens with one attached hydrogen (secondary N) is 1. The minimum Gasteiger partial charge on any atom is -0.314 e. The molecule has 0 saturated heterocycles. The van der Waals surface area contributed by atoms with E-state index in [0.29, 0.717) is 18.3 Å². The van der Waals surface area contributed by atoms with Crippen molar-refractivity contribution in [3.63, 3.8) is 0 Å². The van der Waals surface area contributed by atoms with Gasteiger partial charge in [0.05, 0.1) is 0 Å². The highest BCUT2D eigenvalue weighted by atomic mass is 19.3. The maximum Gasteiger partial charge on any atom is 0.248 e. The largest absolute Gasteiger partial charge is 0.314 e. The molecule has 0 heterocycles. The second-order valence-corrected chi connectivity index (χ2v) is 6.49. The van der Waals surface area contributed by atoms with E-state index in [0.717, 1.165) is 13.0 Å². The molecular weight excluding hydrogens is 232 g/mol. The summed E-state index contributed by atoms with van der Waals surface area (Å²) >= 11 is 0. The summed E-state index contributed by atoms with van der Waals surface area (Å²) in [5.41, 5.74) is 0. The molecule has 0 aliphatic heterocycles. The summed E-state index contributed by atoms with van der Waals surface area (Å²) < 4.78 is 26.6. The monoisotopic (exact) mass is 261 g/mol. The van der Waals surface area contributed by atoms with Crippen LogP contribution in [-0.2, 0) is 0 Å². The molecule has 1 nitrogen and oxygen atoms in total. The predicted molar refractivity (Wildman–Crippen MR) is 73.0 cm³/mol. The smallest absolute Gasteiger partial charge is 0.248 e. The van der Waals surface area contributed by atoms with Crippen LogP contribution in [0.2, 0.25) is 0 Å². The zero-order valence-electron chi connectivity index (χ0n) is 12.3. The van der Waals surface area contributed by atoms with Crippen molar-refractivity contribution in [2.24, 2.45) is 17.8 Å². The fourth-order valence-electron chi connectivity index (χ4n) is 3.37. The average molecular weight is 261 g/mol. The first-order chi connectivity index (χ1) is 8.34. The van der Waals surface area contributed by atoms with Gasteiger partial charge in [0, 0.05) is 18.9 Å². The van der Waals surface area contributed by atoms with Gasteiger partial charge in [-0.1, -0.05) is 27.7 Å². The molecule has 0 bridgehead atoms. The first-order valence-corrected chi connectivity index (χ1v) is 7.45. The lowest BCUT2D eigenvalue weighted by Gasteiger charge is -2.28. The number of hydrogen-bond donors (Lipinski definition) is 1. The molecule has 1 aliphatic rings. The highest BCUT2D eigenvalue weighted by Gasteiger charge is 2.42. The van der Waals surface area contributed by atoms with Gasteiger partial charge in [-0.25, -0.2) is 8.78 Å². The Bertz CT molecular complexity index is 241. The van der Waals surface area contributed by atoms with E-state index in [1.807, 2.05) is 0 Å². The van der Waals surface area contributed by atoms with Gasteiger partial charge >= 0.3 is 0 Å². The molecule has 18 heavy (non-hydrogen) atoms. The fourth-order valence-corrected chi connectivity index (χ4v) is 3.37. The van der Waals surface area contributed by atoms with Crippen LogP contribution in [0.4, 0.5) is 8.78 Å². The molecule has 1 N–H and O–H groups in total. The van der Waals surface area contributed by atoms with Gasteiger partial charge in [-0.2, -0.15) is 0 Å². The van der Waals surface area contributed by atoms with Gasteiger partial charge in [0.1, 0.15) is 0 Å². The van der Waals surface area contributed by atoms with E-state index in [-0.39, 0.29) is 24.8 Å². The molecule has 0 aromatic heterocycles. The Hall–Kier alpha value is -0.180. The summed E-state index contributed by atoms with van der Waals surface area (Å²) in [5.74, 6) is -0.954. The Morgan fingerprint density at radius 1 is 1.22 bits per heavy atom. The van der Waals surface area contributed by atoms with E-state index in [1.165, 1.54) is 6.42 Å². The molecule has 3 unspecified atom stereocenters. The van der Waals surface area contributed by atoms with Crippen molar-refractivity contribution in [2.75, 3.05) is 6.54 Å². The van der Waals surface area contributed by atoms with Crippen molar-refractivity contribution in [1.29, 1.82) is 0 Å². The van der Waals surface area contributed by atoms with Crippen LogP contribution in [0, 0.1) is 17.8 Å². The zero-order chi connectivity index (χ0) is 13.8. The lowest BCUT2D eigenvalue weighted by Crippen LogP contribution is -2.37. The van der Waals surface area contributed by atoms with Gasteiger partial charge in [0.25, 0.3) is 0 Å². The molecule has 1 rings (SSSR count). The van der Waals surface area contributed by atoms with Crippen LogP contribution in [0.15, 0.2) is 0 Å². The van der Waals surface area contributed by atoms with E-state index in [4.69, 9.17) is 0 Å². The second kappa shape index (κ2) is 6.83. The van der Waals surface area contributed by atoms with Gasteiger partial charge in [-0.05, 0) is 43.6 Å². The van der Waals surface area contributed by atoms with Crippen LogP contribution in [0.5, 0.6) is 0 Å². The highest BCUT2D eigenvalue weighted by molar-refractivity contribution is 4.89. The van der Waals surface area contributed by atoms with Crippen molar-refractivity contribution in [1.82, 2.24) is 5.32 Å². The Balaban J connectivity index is 2.49. The summed E-state index contributed by atoms with van der Waals surface area (Å²) in [5, 5.41) is 3.43. The lowest BCUT2D eigenvalue weighted by molar-refractivity contribution is 0.00284. The van der Waals surface area contributed by atoms with Crippen LogP contribution in [0.3, 0.4) is 0 Å². The summed E-state index contributed by atoms with van der Waals surface area (Å²) in [7, 11) is 0. The second-order valence-electron chi connectivity index (χ2n) is 6.49. The fraction of sp³-hybridized carbons (Fsp3) is 1.00. The summed E-state index contributed by atoms with van der Waals surface area (Å²) in [6.07, 6.45) is 3.06. The minimum absolute atomic E-state index is 0.0815. The molecule has 3 atom stereocenters. The third-order valence-corrected chi connectivity index (χ3v) is 4.01. The summed E-state index contributed by atoms with van der Waals surface area (Å²) in [6.45, 7) is 9.64. The molecule has 0 aromatic rings. The lowest BCUT2D eigenvalue weighted by atomic mass is 9.86. The Morgan fingerprint density at radius 2 is 1.89 bits per heavy atom. The van der Waals surface area contributed by atoms with E-state index in [2.05, 4.69) is 33.0 Å². The van der Waals surface area contributed by atoms with Gasteiger partial charge < -0.3 is 5.32 Å². The van der Waals surface area contributed by atoms with Crippen LogP contribution < -0.4 is 5.32 Å². The predicted octanol–water partition coefficient (Wildman–Crippen LogP) is 4.47. The van der Waals surface area contributed by atoms with Crippen LogP contribution in [0.25, 0.3) is 0 Å². The molecule has 0 spiro atoms. The Morgan fingerprint density at radius 3 is 2.33 bits per heavy atom. The van der Waals surface area contributed by atoms with Crippen molar-refractivity contribution >= 4 is 0 Å². The Labute approximate surface area is 111 Å². The minimum atomic E-state index is -2.42. The maximum absolute atomic E-state index is 13.3. The molecule has 0 amide bonds. The first kappa shape index (κ1) is 15.9. The van der Waals surface area contributed by atoms with Crippen LogP contribution >= 0.6 is 0 Å². The molecule has 0 radical (unpaired) electrons. The number of halogens is 2. The third-order valence-electron chi connectivity index (χ3n) is 4.01. The normalized spacial score (nSPS) is 26.5. The molecular formula is C15H29F2N. The highest BCUT2D eigenvalue weighted by Crippen LogP contribution is 2.41. The molecule has 0 aromatic carbocycles. The molecule has 1 saturated carbocycles. The Kier molecular flexibility index (Phi) is 6.03. The number of rotatable bonds is 7. The maximum atomic E-state index is 13.3. The van der Waals surface area contributed by atoms with Crippen LogP contribution in [0.1, 0.15) is 59.8 Å². The molecule has 1 fully saturated rings. The van der Waals surface area contributed by atoms with Crippen molar-refractivity contribution in [3.05, 3.63) is 0 Å². The standard InChI is InChI=1S/C15H29F2N/c1-5-18-14(9-12(4)8-11(2)3)13-6-7-15(16,17)10-13/h11-14,18H,5-10H2,1-4H3. The molecule has 1 aliphatic carbocycles. The van der Waals surface area contributed by atoms with Gasteiger partial charge in [-0.15, -0.1) is 0 Å². The van der Waals surface area contributed by atoms with Crippen molar-refractivity contribution in [2.45, 2.75) is 71.8 Å². The summed E-state index contributed by atoms with van der Waals surface area (Å²) in [4.78, 5) is 0. The summed E-state index contributed by atoms with van der Waals surface area (Å²) in [6, 6.07) is 0.275.